The quantitative estimate of drug-likeness (QED) is 0.942. The minimum absolute atomic E-state index is 0.0365. The molecule has 0 aliphatic rings. The van der Waals surface area contributed by atoms with E-state index in [1.807, 2.05) is 13.8 Å². The monoisotopic (exact) mass is 283 g/mol. The Morgan fingerprint density at radius 2 is 2.05 bits per heavy atom. The lowest BCUT2D eigenvalue weighted by atomic mass is 9.97. The fourth-order valence-corrected chi connectivity index (χ4v) is 2.29. The molecule has 0 saturated heterocycles. The van der Waals surface area contributed by atoms with E-state index in [0.717, 1.165) is 6.20 Å². The Hall–Kier alpha value is -1.46. The predicted octanol–water partition coefficient (Wildman–Crippen LogP) is 2.91. The zero-order valence-electron chi connectivity index (χ0n) is 10.9. The van der Waals surface area contributed by atoms with Crippen LogP contribution < -0.4 is 0 Å². The number of pyridine rings is 1. The van der Waals surface area contributed by atoms with Crippen molar-refractivity contribution in [2.45, 2.75) is 32.4 Å². The summed E-state index contributed by atoms with van der Waals surface area (Å²) in [5, 5.41) is 15.2. The van der Waals surface area contributed by atoms with E-state index in [1.54, 1.807) is 11.6 Å². The Morgan fingerprint density at radius 1 is 1.37 bits per heavy atom. The summed E-state index contributed by atoms with van der Waals surface area (Å²) in [7, 11) is 0. The van der Waals surface area contributed by atoms with Crippen molar-refractivity contribution in [1.29, 1.82) is 0 Å². The normalized spacial score (nSPS) is 14.7. The van der Waals surface area contributed by atoms with Gasteiger partial charge in [-0.1, -0.05) is 11.6 Å². The molecule has 102 valence electrons. The second-order valence-corrected chi connectivity index (χ2v) is 5.22. The smallest absolute Gasteiger partial charge is 0.147 e. The van der Waals surface area contributed by atoms with E-state index in [4.69, 9.17) is 11.6 Å². The summed E-state index contributed by atoms with van der Waals surface area (Å²) in [5.74, 6) is -0.456. The molecule has 2 rings (SSSR count). The summed E-state index contributed by atoms with van der Waals surface area (Å²) in [5.41, 5.74) is -0.674. The van der Waals surface area contributed by atoms with Crippen LogP contribution in [0.4, 0.5) is 4.39 Å². The van der Waals surface area contributed by atoms with E-state index in [9.17, 15) is 9.50 Å². The summed E-state index contributed by atoms with van der Waals surface area (Å²) < 4.78 is 14.5. The van der Waals surface area contributed by atoms with Crippen molar-refractivity contribution in [2.24, 2.45) is 0 Å². The molecule has 0 radical (unpaired) electrons. The maximum Gasteiger partial charge on any atom is 0.147 e. The maximum absolute atomic E-state index is 12.9. The van der Waals surface area contributed by atoms with Gasteiger partial charge in [0.1, 0.15) is 11.4 Å². The highest BCUT2D eigenvalue weighted by Crippen LogP contribution is 2.34. The zero-order valence-corrected chi connectivity index (χ0v) is 11.7. The van der Waals surface area contributed by atoms with Gasteiger partial charge in [-0.25, -0.2) is 4.39 Å². The molecule has 2 aromatic heterocycles. The topological polar surface area (TPSA) is 50.9 Å². The zero-order chi connectivity index (χ0) is 14.2. The van der Waals surface area contributed by atoms with E-state index in [1.165, 1.54) is 18.3 Å². The maximum atomic E-state index is 12.9. The van der Waals surface area contributed by atoms with E-state index in [0.29, 0.717) is 16.4 Å². The average Bonchev–Trinajstić information content (AvgIpc) is 2.72. The highest BCUT2D eigenvalue weighted by molar-refractivity contribution is 6.31. The molecule has 0 fully saturated rings. The van der Waals surface area contributed by atoms with Crippen LogP contribution in [0, 0.1) is 5.82 Å². The molecule has 1 atom stereocenters. The molecule has 2 aromatic rings. The first-order chi connectivity index (χ1) is 8.84. The van der Waals surface area contributed by atoms with Gasteiger partial charge in [-0.3, -0.25) is 9.67 Å². The van der Waals surface area contributed by atoms with Crippen LogP contribution >= 0.6 is 11.6 Å². The van der Waals surface area contributed by atoms with E-state index in [-0.39, 0.29) is 6.04 Å². The molecule has 0 aliphatic heterocycles. The van der Waals surface area contributed by atoms with Gasteiger partial charge in [-0.2, -0.15) is 5.10 Å². The van der Waals surface area contributed by atoms with Crippen molar-refractivity contribution in [1.82, 2.24) is 14.8 Å². The summed E-state index contributed by atoms with van der Waals surface area (Å²) >= 11 is 6.11. The molecule has 19 heavy (non-hydrogen) atoms. The van der Waals surface area contributed by atoms with Crippen molar-refractivity contribution in [3.05, 3.63) is 46.8 Å². The molecule has 2 heterocycles. The van der Waals surface area contributed by atoms with E-state index in [2.05, 4.69) is 10.1 Å². The largest absolute Gasteiger partial charge is 0.377 e. The second-order valence-electron chi connectivity index (χ2n) is 4.81. The highest BCUT2D eigenvalue weighted by atomic mass is 35.5. The molecule has 0 amide bonds. The Labute approximate surface area is 115 Å². The lowest BCUT2D eigenvalue weighted by Crippen LogP contribution is -2.29. The first kappa shape index (κ1) is 14.0. The first-order valence-electron chi connectivity index (χ1n) is 5.92. The van der Waals surface area contributed by atoms with Crippen molar-refractivity contribution in [3.63, 3.8) is 0 Å². The van der Waals surface area contributed by atoms with Crippen LogP contribution in [-0.2, 0) is 5.60 Å². The van der Waals surface area contributed by atoms with Crippen LogP contribution in [-0.4, -0.2) is 19.9 Å². The Bertz CT molecular complexity index is 578. The summed E-state index contributed by atoms with van der Waals surface area (Å²) in [4.78, 5) is 3.92. The van der Waals surface area contributed by atoms with Gasteiger partial charge in [-0.15, -0.1) is 0 Å². The van der Waals surface area contributed by atoms with Gasteiger partial charge in [0.25, 0.3) is 0 Å². The van der Waals surface area contributed by atoms with Gasteiger partial charge < -0.3 is 5.11 Å². The third-order valence-corrected chi connectivity index (χ3v) is 3.20. The van der Waals surface area contributed by atoms with Crippen LogP contribution in [0.25, 0.3) is 0 Å². The number of hydrogen-bond donors (Lipinski definition) is 1. The minimum Gasteiger partial charge on any atom is -0.377 e. The molecule has 0 bridgehead atoms. The molecule has 1 N–H and O–H groups in total. The van der Waals surface area contributed by atoms with Gasteiger partial charge in [0, 0.05) is 6.04 Å². The molecular formula is C13H15ClFN3O. The highest BCUT2D eigenvalue weighted by Gasteiger charge is 2.34. The number of hydrogen-bond acceptors (Lipinski definition) is 3. The van der Waals surface area contributed by atoms with E-state index >= 15 is 0 Å². The Kier molecular flexibility index (Phi) is 3.60. The molecule has 1 unspecified atom stereocenters. The Balaban J connectivity index is 2.55. The summed E-state index contributed by atoms with van der Waals surface area (Å²) in [6.07, 6.45) is 2.54. The Morgan fingerprint density at radius 3 is 2.58 bits per heavy atom. The minimum atomic E-state index is -1.44. The third kappa shape index (κ3) is 2.48. The van der Waals surface area contributed by atoms with Crippen molar-refractivity contribution in [2.75, 3.05) is 0 Å². The molecule has 6 heteroatoms. The molecular weight excluding hydrogens is 269 g/mol. The lowest BCUT2D eigenvalue weighted by Gasteiger charge is -2.25. The van der Waals surface area contributed by atoms with Crippen LogP contribution in [0.1, 0.15) is 38.2 Å². The number of nitrogens with zero attached hydrogens (tertiary/aromatic N) is 3. The number of aromatic nitrogens is 3. The fraction of sp³-hybridized carbons (Fsp3) is 0.385. The van der Waals surface area contributed by atoms with Crippen LogP contribution in [0.5, 0.6) is 0 Å². The van der Waals surface area contributed by atoms with Crippen molar-refractivity contribution >= 4 is 11.6 Å². The van der Waals surface area contributed by atoms with Crippen molar-refractivity contribution in [3.8, 4) is 0 Å². The SMILES string of the molecule is CC(C)n1ncc(Cl)c1C(C)(O)c1ccc(F)cn1. The molecule has 0 aliphatic carbocycles. The first-order valence-corrected chi connectivity index (χ1v) is 6.29. The van der Waals surface area contributed by atoms with Gasteiger partial charge in [0.05, 0.1) is 28.8 Å². The third-order valence-electron chi connectivity index (χ3n) is 2.93. The van der Waals surface area contributed by atoms with Crippen LogP contribution in [0.2, 0.25) is 5.02 Å². The number of rotatable bonds is 3. The van der Waals surface area contributed by atoms with Crippen LogP contribution in [0.15, 0.2) is 24.5 Å². The van der Waals surface area contributed by atoms with E-state index < -0.39 is 11.4 Å². The van der Waals surface area contributed by atoms with Gasteiger partial charge in [-0.05, 0) is 32.9 Å². The standard InChI is InChI=1S/C13H15ClFN3O/c1-8(2)18-12(10(14)7-17-18)13(3,19)11-5-4-9(15)6-16-11/h4-8,19H,1-3H3. The number of halogens is 2. The molecule has 4 nitrogen and oxygen atoms in total. The molecule has 0 saturated carbocycles. The van der Waals surface area contributed by atoms with Crippen molar-refractivity contribution < 1.29 is 9.50 Å². The average molecular weight is 284 g/mol. The summed E-state index contributed by atoms with van der Waals surface area (Å²) in [6.45, 7) is 5.43. The predicted molar refractivity (Wildman–Crippen MR) is 70.5 cm³/mol. The van der Waals surface area contributed by atoms with Gasteiger partial charge in [0.2, 0.25) is 0 Å². The lowest BCUT2D eigenvalue weighted by molar-refractivity contribution is 0.0853. The molecule has 0 aromatic carbocycles. The van der Waals surface area contributed by atoms with Gasteiger partial charge in [0.15, 0.2) is 0 Å². The van der Waals surface area contributed by atoms with Gasteiger partial charge >= 0.3 is 0 Å². The molecule has 0 spiro atoms. The van der Waals surface area contributed by atoms with Crippen LogP contribution in [0.3, 0.4) is 0 Å². The second kappa shape index (κ2) is 4.90. The fourth-order valence-electron chi connectivity index (χ4n) is 1.97. The number of aliphatic hydroxyl groups is 1. The summed E-state index contributed by atoms with van der Waals surface area (Å²) in [6, 6.07) is 2.72.